The predicted molar refractivity (Wildman–Crippen MR) is 190 cm³/mol. The van der Waals surface area contributed by atoms with Crippen LogP contribution in [0.25, 0.3) is 61.7 Å². The van der Waals surface area contributed by atoms with Gasteiger partial charge in [-0.2, -0.15) is 0 Å². The third kappa shape index (κ3) is 5.00. The molecule has 3 heteroatoms. The van der Waals surface area contributed by atoms with E-state index in [-0.39, 0.29) is 5.41 Å². The molecule has 8 rings (SSSR count). The standard InChI is InChI=1S/C43H33N3/c1-43(2)38-23-11-10-22-36(38)37-25-24-34(28-39(37)43)32-19-12-18-31(26-32)33-20-13-21-35(27-33)42-45-40(29-14-6-3-4-7-15-29)44-41(46-42)30-16-8-5-9-17-30/h3-14,16-28H,15H2,1-2H3. The van der Waals surface area contributed by atoms with Gasteiger partial charge in [-0.25, -0.2) is 15.0 Å². The Morgan fingerprint density at radius 2 is 1.04 bits per heavy atom. The molecular formula is C43H33N3. The van der Waals surface area contributed by atoms with Gasteiger partial charge in [0, 0.05) is 22.1 Å². The molecule has 1 heterocycles. The van der Waals surface area contributed by atoms with Crippen molar-refractivity contribution in [3.8, 4) is 56.2 Å². The lowest BCUT2D eigenvalue weighted by molar-refractivity contribution is 0.660. The van der Waals surface area contributed by atoms with Crippen LogP contribution in [0.5, 0.6) is 0 Å². The number of fused-ring (bicyclic) bond motifs is 3. The highest BCUT2D eigenvalue weighted by Gasteiger charge is 2.35. The van der Waals surface area contributed by atoms with Crippen LogP contribution in [0.3, 0.4) is 0 Å². The summed E-state index contributed by atoms with van der Waals surface area (Å²) in [7, 11) is 0. The third-order valence-electron chi connectivity index (χ3n) is 9.18. The molecule has 46 heavy (non-hydrogen) atoms. The van der Waals surface area contributed by atoms with Gasteiger partial charge in [0.25, 0.3) is 0 Å². The van der Waals surface area contributed by atoms with E-state index in [0.717, 1.165) is 34.2 Å². The highest BCUT2D eigenvalue weighted by molar-refractivity contribution is 5.84. The van der Waals surface area contributed by atoms with Crippen LogP contribution in [0, 0.1) is 0 Å². The lowest BCUT2D eigenvalue weighted by Gasteiger charge is -2.22. The summed E-state index contributed by atoms with van der Waals surface area (Å²) in [5.74, 6) is 2.04. The van der Waals surface area contributed by atoms with Crippen LogP contribution in [0.4, 0.5) is 0 Å². The average Bonchev–Trinajstić information content (AvgIpc) is 3.28. The molecule has 220 valence electrons. The van der Waals surface area contributed by atoms with Crippen molar-refractivity contribution in [3.63, 3.8) is 0 Å². The van der Waals surface area contributed by atoms with Crippen LogP contribution in [0.1, 0.15) is 37.2 Å². The van der Waals surface area contributed by atoms with E-state index in [1.165, 1.54) is 33.4 Å². The van der Waals surface area contributed by atoms with Crippen molar-refractivity contribution in [2.24, 2.45) is 0 Å². The van der Waals surface area contributed by atoms with Crippen LogP contribution in [-0.2, 0) is 5.41 Å². The molecule has 0 fully saturated rings. The molecule has 0 unspecified atom stereocenters. The second kappa shape index (κ2) is 11.4. The van der Waals surface area contributed by atoms with Gasteiger partial charge in [-0.05, 0) is 69.1 Å². The summed E-state index contributed by atoms with van der Waals surface area (Å²) in [5, 5.41) is 0. The summed E-state index contributed by atoms with van der Waals surface area (Å²) in [6, 6.07) is 43.2. The van der Waals surface area contributed by atoms with Crippen molar-refractivity contribution in [3.05, 3.63) is 169 Å². The van der Waals surface area contributed by atoms with E-state index in [4.69, 9.17) is 15.0 Å². The predicted octanol–water partition coefficient (Wildman–Crippen LogP) is 10.7. The fourth-order valence-electron chi connectivity index (χ4n) is 6.71. The van der Waals surface area contributed by atoms with Gasteiger partial charge < -0.3 is 0 Å². The van der Waals surface area contributed by atoms with E-state index in [1.54, 1.807) is 0 Å². The van der Waals surface area contributed by atoms with Gasteiger partial charge in [0.2, 0.25) is 0 Å². The van der Waals surface area contributed by atoms with Gasteiger partial charge in [-0.3, -0.25) is 0 Å². The first kappa shape index (κ1) is 27.8. The van der Waals surface area contributed by atoms with Gasteiger partial charge in [0.1, 0.15) is 0 Å². The molecule has 2 aliphatic carbocycles. The maximum absolute atomic E-state index is 5.00. The minimum absolute atomic E-state index is 0.0325. The van der Waals surface area contributed by atoms with Crippen LogP contribution in [0.15, 0.2) is 152 Å². The zero-order valence-corrected chi connectivity index (χ0v) is 26.0. The van der Waals surface area contributed by atoms with Crippen molar-refractivity contribution >= 4 is 5.57 Å². The van der Waals surface area contributed by atoms with E-state index >= 15 is 0 Å². The molecule has 0 N–H and O–H groups in total. The highest BCUT2D eigenvalue weighted by Crippen LogP contribution is 2.49. The first-order valence-corrected chi connectivity index (χ1v) is 15.8. The average molecular weight is 592 g/mol. The van der Waals surface area contributed by atoms with E-state index in [1.807, 2.05) is 42.5 Å². The summed E-state index contributed by atoms with van der Waals surface area (Å²) in [6.07, 6.45) is 11.1. The number of allylic oxidation sites excluding steroid dienone is 6. The fraction of sp³-hybridized carbons (Fsp3) is 0.0930. The second-order valence-electron chi connectivity index (χ2n) is 12.5. The van der Waals surface area contributed by atoms with E-state index < -0.39 is 0 Å². The van der Waals surface area contributed by atoms with Crippen molar-refractivity contribution in [2.45, 2.75) is 25.7 Å². The van der Waals surface area contributed by atoms with Crippen LogP contribution >= 0.6 is 0 Å². The molecule has 5 aromatic carbocycles. The van der Waals surface area contributed by atoms with Crippen molar-refractivity contribution in [2.75, 3.05) is 0 Å². The van der Waals surface area contributed by atoms with Crippen LogP contribution in [0.2, 0.25) is 0 Å². The fourth-order valence-corrected chi connectivity index (χ4v) is 6.71. The van der Waals surface area contributed by atoms with E-state index in [2.05, 4.69) is 123 Å². The number of hydrogen-bond donors (Lipinski definition) is 0. The molecule has 0 amide bonds. The largest absolute Gasteiger partial charge is 0.209 e. The molecule has 0 saturated heterocycles. The van der Waals surface area contributed by atoms with Crippen molar-refractivity contribution in [1.82, 2.24) is 15.0 Å². The molecule has 0 bridgehead atoms. The van der Waals surface area contributed by atoms with Crippen LogP contribution in [-0.4, -0.2) is 15.0 Å². The van der Waals surface area contributed by atoms with Crippen molar-refractivity contribution in [1.29, 1.82) is 0 Å². The first-order chi connectivity index (χ1) is 22.5. The molecular weight excluding hydrogens is 558 g/mol. The number of aromatic nitrogens is 3. The summed E-state index contributed by atoms with van der Waals surface area (Å²) in [6.45, 7) is 4.66. The Hall–Kier alpha value is -5.67. The number of benzene rings is 5. The quantitative estimate of drug-likeness (QED) is 0.200. The molecule has 0 atom stereocenters. The Morgan fingerprint density at radius 1 is 0.457 bits per heavy atom. The molecule has 0 aliphatic heterocycles. The highest BCUT2D eigenvalue weighted by atomic mass is 15.0. The Labute approximate surface area is 270 Å². The molecule has 2 aliphatic rings. The van der Waals surface area contributed by atoms with E-state index in [9.17, 15) is 0 Å². The number of rotatable bonds is 5. The molecule has 1 aromatic heterocycles. The molecule has 0 saturated carbocycles. The minimum Gasteiger partial charge on any atom is -0.209 e. The summed E-state index contributed by atoms with van der Waals surface area (Å²) >= 11 is 0. The SMILES string of the molecule is CC1(C)c2ccccc2-c2ccc(-c3cccc(-c4cccc(-c5nc(C6=CC=CC=CC6)nc(-c6ccccc6)n5)c4)c3)cc21. The topological polar surface area (TPSA) is 38.7 Å². The summed E-state index contributed by atoms with van der Waals surface area (Å²) in [4.78, 5) is 14.9. The van der Waals surface area contributed by atoms with Gasteiger partial charge in [0.15, 0.2) is 17.5 Å². The maximum Gasteiger partial charge on any atom is 0.164 e. The Morgan fingerprint density at radius 3 is 1.83 bits per heavy atom. The summed E-state index contributed by atoms with van der Waals surface area (Å²) < 4.78 is 0. The Balaban J connectivity index is 1.18. The third-order valence-corrected chi connectivity index (χ3v) is 9.18. The zero-order valence-electron chi connectivity index (χ0n) is 26.0. The smallest absolute Gasteiger partial charge is 0.164 e. The van der Waals surface area contributed by atoms with Crippen LogP contribution < -0.4 is 0 Å². The molecule has 0 spiro atoms. The second-order valence-corrected chi connectivity index (χ2v) is 12.5. The Bertz CT molecular complexity index is 2200. The zero-order chi connectivity index (χ0) is 31.1. The first-order valence-electron chi connectivity index (χ1n) is 15.8. The number of nitrogens with zero attached hydrogens (tertiary/aromatic N) is 3. The Kier molecular flexibility index (Phi) is 6.88. The maximum atomic E-state index is 5.00. The monoisotopic (exact) mass is 591 g/mol. The van der Waals surface area contributed by atoms with Gasteiger partial charge >= 0.3 is 0 Å². The lowest BCUT2D eigenvalue weighted by Crippen LogP contribution is -2.14. The molecule has 6 aromatic rings. The van der Waals surface area contributed by atoms with E-state index in [0.29, 0.717) is 17.5 Å². The molecule has 0 radical (unpaired) electrons. The normalized spacial score (nSPS) is 14.3. The lowest BCUT2D eigenvalue weighted by atomic mass is 9.81. The summed E-state index contributed by atoms with van der Waals surface area (Å²) in [5.41, 5.74) is 13.1. The number of hydrogen-bond acceptors (Lipinski definition) is 3. The van der Waals surface area contributed by atoms with Gasteiger partial charge in [-0.1, -0.05) is 147 Å². The minimum atomic E-state index is -0.0325. The van der Waals surface area contributed by atoms with Gasteiger partial charge in [-0.15, -0.1) is 0 Å². The molecule has 3 nitrogen and oxygen atoms in total. The van der Waals surface area contributed by atoms with Gasteiger partial charge in [0.05, 0.1) is 0 Å². The van der Waals surface area contributed by atoms with Crippen molar-refractivity contribution < 1.29 is 0 Å².